The van der Waals surface area contributed by atoms with Gasteiger partial charge < -0.3 is 15.0 Å². The third-order valence-electron chi connectivity index (χ3n) is 5.01. The van der Waals surface area contributed by atoms with Gasteiger partial charge in [-0.15, -0.1) is 0 Å². The first-order valence-electron chi connectivity index (χ1n) is 10.0. The van der Waals surface area contributed by atoms with E-state index in [1.165, 1.54) is 0 Å². The molecule has 1 N–H and O–H groups in total. The van der Waals surface area contributed by atoms with E-state index >= 15 is 0 Å². The lowest BCUT2D eigenvalue weighted by atomic mass is 9.97. The number of piperidine rings is 1. The molecule has 0 aromatic heterocycles. The second-order valence-corrected chi connectivity index (χ2v) is 8.14. The summed E-state index contributed by atoms with van der Waals surface area (Å²) >= 11 is 5.89. The molecule has 2 aromatic rings. The topological polar surface area (TPSA) is 58.6 Å². The van der Waals surface area contributed by atoms with Gasteiger partial charge in [0.05, 0.1) is 6.61 Å². The number of nitrogens with zero attached hydrogens (tertiary/aromatic N) is 1. The monoisotopic (exact) mass is 414 g/mol. The van der Waals surface area contributed by atoms with Crippen LogP contribution in [-0.2, 0) is 0 Å². The van der Waals surface area contributed by atoms with Crippen molar-refractivity contribution in [1.82, 2.24) is 10.2 Å². The van der Waals surface area contributed by atoms with Crippen LogP contribution in [0.3, 0.4) is 0 Å². The highest BCUT2D eigenvalue weighted by Gasteiger charge is 2.24. The summed E-state index contributed by atoms with van der Waals surface area (Å²) in [5.74, 6) is 1.14. The minimum absolute atomic E-state index is 0.0521. The van der Waals surface area contributed by atoms with Crippen LogP contribution in [0.4, 0.5) is 0 Å². The zero-order valence-electron chi connectivity index (χ0n) is 16.9. The van der Waals surface area contributed by atoms with Crippen molar-refractivity contribution < 1.29 is 14.3 Å². The van der Waals surface area contributed by atoms with Crippen molar-refractivity contribution in [3.63, 3.8) is 0 Å². The molecule has 1 saturated heterocycles. The van der Waals surface area contributed by atoms with Crippen LogP contribution in [0.25, 0.3) is 0 Å². The molecule has 0 aliphatic carbocycles. The molecule has 1 fully saturated rings. The van der Waals surface area contributed by atoms with E-state index in [0.717, 1.165) is 31.7 Å². The fourth-order valence-electron chi connectivity index (χ4n) is 3.34. The van der Waals surface area contributed by atoms with Crippen molar-refractivity contribution in [2.24, 2.45) is 5.92 Å². The second kappa shape index (κ2) is 9.79. The van der Waals surface area contributed by atoms with Crippen LogP contribution in [0.15, 0.2) is 48.5 Å². The molecule has 0 radical (unpaired) electrons. The van der Waals surface area contributed by atoms with E-state index in [-0.39, 0.29) is 17.9 Å². The van der Waals surface area contributed by atoms with Crippen LogP contribution in [-0.4, -0.2) is 42.5 Å². The number of carbonyl (C=O) groups is 2. The standard InChI is InChI=1S/C23H27ClN2O3/c1-16(2)25-22(27)18-5-9-21(10-6-18)29-15-17-11-13-26(14-12-17)23(28)19-3-7-20(24)8-4-19/h3-10,16-17H,11-15H2,1-2H3,(H,25,27). The Morgan fingerprint density at radius 3 is 2.21 bits per heavy atom. The highest BCUT2D eigenvalue weighted by atomic mass is 35.5. The molecule has 3 rings (SSSR count). The van der Waals surface area contributed by atoms with E-state index in [2.05, 4.69) is 5.32 Å². The van der Waals surface area contributed by atoms with Crippen molar-refractivity contribution in [2.75, 3.05) is 19.7 Å². The number of rotatable bonds is 6. The number of likely N-dealkylation sites (tertiary alicyclic amines) is 1. The maximum Gasteiger partial charge on any atom is 0.253 e. The largest absolute Gasteiger partial charge is 0.493 e. The first kappa shape index (κ1) is 21.2. The highest BCUT2D eigenvalue weighted by molar-refractivity contribution is 6.30. The molecule has 0 saturated carbocycles. The summed E-state index contributed by atoms with van der Waals surface area (Å²) in [7, 11) is 0. The van der Waals surface area contributed by atoms with Crippen LogP contribution >= 0.6 is 11.6 Å². The molecule has 154 valence electrons. The number of carbonyl (C=O) groups excluding carboxylic acids is 2. The lowest BCUT2D eigenvalue weighted by Crippen LogP contribution is -2.39. The lowest BCUT2D eigenvalue weighted by Gasteiger charge is -2.32. The van der Waals surface area contributed by atoms with E-state index in [1.807, 2.05) is 30.9 Å². The average molecular weight is 415 g/mol. The highest BCUT2D eigenvalue weighted by Crippen LogP contribution is 2.22. The molecule has 0 bridgehead atoms. The van der Waals surface area contributed by atoms with Crippen molar-refractivity contribution in [3.05, 3.63) is 64.7 Å². The summed E-state index contributed by atoms with van der Waals surface area (Å²) in [6, 6.07) is 14.3. The van der Waals surface area contributed by atoms with E-state index in [4.69, 9.17) is 16.3 Å². The molecule has 2 amide bonds. The van der Waals surface area contributed by atoms with Crippen LogP contribution < -0.4 is 10.1 Å². The van der Waals surface area contributed by atoms with E-state index in [9.17, 15) is 9.59 Å². The fraction of sp³-hybridized carbons (Fsp3) is 0.391. The normalized spacial score (nSPS) is 14.7. The van der Waals surface area contributed by atoms with Crippen LogP contribution in [0.5, 0.6) is 5.75 Å². The first-order chi connectivity index (χ1) is 13.9. The number of amides is 2. The maximum absolute atomic E-state index is 12.6. The number of hydrogen-bond acceptors (Lipinski definition) is 3. The number of halogens is 1. The smallest absolute Gasteiger partial charge is 0.253 e. The van der Waals surface area contributed by atoms with Gasteiger partial charge in [0.2, 0.25) is 0 Å². The van der Waals surface area contributed by atoms with Gasteiger partial charge in [-0.05, 0) is 81.1 Å². The molecule has 1 heterocycles. The van der Waals surface area contributed by atoms with Gasteiger partial charge >= 0.3 is 0 Å². The Labute approximate surface area is 177 Å². The molecule has 0 atom stereocenters. The third kappa shape index (κ3) is 5.97. The molecule has 1 aliphatic rings. The average Bonchev–Trinajstić information content (AvgIpc) is 2.72. The third-order valence-corrected chi connectivity index (χ3v) is 5.27. The zero-order chi connectivity index (χ0) is 20.8. The van der Waals surface area contributed by atoms with Gasteiger partial charge in [0.15, 0.2) is 0 Å². The zero-order valence-corrected chi connectivity index (χ0v) is 17.6. The minimum atomic E-state index is -0.0794. The Balaban J connectivity index is 1.44. The number of nitrogens with one attached hydrogen (secondary N) is 1. The van der Waals surface area contributed by atoms with Gasteiger partial charge in [0.25, 0.3) is 11.8 Å². The van der Waals surface area contributed by atoms with Crippen molar-refractivity contribution in [1.29, 1.82) is 0 Å². The molecule has 0 spiro atoms. The summed E-state index contributed by atoms with van der Waals surface area (Å²) in [4.78, 5) is 26.4. The van der Waals surface area contributed by atoms with Gasteiger partial charge in [-0.1, -0.05) is 11.6 Å². The SMILES string of the molecule is CC(C)NC(=O)c1ccc(OCC2CCN(C(=O)c3ccc(Cl)cc3)CC2)cc1. The Bertz CT molecular complexity index is 826. The van der Waals surface area contributed by atoms with Crippen molar-refractivity contribution in [3.8, 4) is 5.75 Å². The van der Waals surface area contributed by atoms with Gasteiger partial charge in [0.1, 0.15) is 5.75 Å². The lowest BCUT2D eigenvalue weighted by molar-refractivity contribution is 0.0660. The number of ether oxygens (including phenoxy) is 1. The van der Waals surface area contributed by atoms with Crippen molar-refractivity contribution in [2.45, 2.75) is 32.7 Å². The van der Waals surface area contributed by atoms with E-state index < -0.39 is 0 Å². The van der Waals surface area contributed by atoms with Crippen LogP contribution in [0, 0.1) is 5.92 Å². The fourth-order valence-corrected chi connectivity index (χ4v) is 3.47. The summed E-state index contributed by atoms with van der Waals surface area (Å²) in [5, 5.41) is 3.50. The van der Waals surface area contributed by atoms with Gasteiger partial charge in [-0.25, -0.2) is 0 Å². The maximum atomic E-state index is 12.6. The Kier molecular flexibility index (Phi) is 7.15. The Morgan fingerprint density at radius 2 is 1.62 bits per heavy atom. The summed E-state index contributed by atoms with van der Waals surface area (Å²) in [5.41, 5.74) is 1.30. The molecule has 0 unspecified atom stereocenters. The van der Waals surface area contributed by atoms with Crippen molar-refractivity contribution >= 4 is 23.4 Å². The van der Waals surface area contributed by atoms with E-state index in [0.29, 0.717) is 28.7 Å². The predicted octanol–water partition coefficient (Wildman–Crippen LogP) is 4.41. The molecular weight excluding hydrogens is 388 g/mol. The van der Waals surface area contributed by atoms with Crippen LogP contribution in [0.1, 0.15) is 47.4 Å². The molecule has 5 nitrogen and oxygen atoms in total. The number of benzene rings is 2. The second-order valence-electron chi connectivity index (χ2n) is 7.71. The molecule has 2 aromatic carbocycles. The summed E-state index contributed by atoms with van der Waals surface area (Å²) < 4.78 is 5.91. The minimum Gasteiger partial charge on any atom is -0.493 e. The summed E-state index contributed by atoms with van der Waals surface area (Å²) in [6.45, 7) is 5.93. The quantitative estimate of drug-likeness (QED) is 0.761. The number of hydrogen-bond donors (Lipinski definition) is 1. The van der Waals surface area contributed by atoms with Gasteiger partial charge in [-0.2, -0.15) is 0 Å². The Morgan fingerprint density at radius 1 is 1.03 bits per heavy atom. The molecule has 6 heteroatoms. The predicted molar refractivity (Wildman–Crippen MR) is 115 cm³/mol. The molecule has 1 aliphatic heterocycles. The Hall–Kier alpha value is -2.53. The first-order valence-corrected chi connectivity index (χ1v) is 10.4. The van der Waals surface area contributed by atoms with Crippen LogP contribution in [0.2, 0.25) is 5.02 Å². The van der Waals surface area contributed by atoms with E-state index in [1.54, 1.807) is 36.4 Å². The summed E-state index contributed by atoms with van der Waals surface area (Å²) in [6.07, 6.45) is 1.82. The molecular formula is C23H27ClN2O3. The van der Waals surface area contributed by atoms with Gasteiger partial charge in [-0.3, -0.25) is 9.59 Å². The van der Waals surface area contributed by atoms with Gasteiger partial charge in [0, 0.05) is 35.3 Å². The molecule has 29 heavy (non-hydrogen) atoms.